The van der Waals surface area contributed by atoms with Crippen molar-refractivity contribution in [3.8, 4) is 5.75 Å². The molecular formula is C26H38ClN3O4. The van der Waals surface area contributed by atoms with Crippen molar-refractivity contribution in [3.63, 3.8) is 0 Å². The van der Waals surface area contributed by atoms with Gasteiger partial charge in [0.2, 0.25) is 5.91 Å². The molecule has 1 atom stereocenters. The Morgan fingerprint density at radius 3 is 2.29 bits per heavy atom. The number of hydrogen-bond acceptors (Lipinski definition) is 5. The molecule has 0 spiro atoms. The molecule has 0 bridgehead atoms. The normalized spacial score (nSPS) is 20.6. The molecule has 2 aliphatic heterocycles. The molecule has 0 aromatic heterocycles. The predicted molar refractivity (Wildman–Crippen MR) is 133 cm³/mol. The third-order valence-electron chi connectivity index (χ3n) is 7.02. The van der Waals surface area contributed by atoms with Crippen molar-refractivity contribution in [1.82, 2.24) is 14.7 Å². The molecule has 188 valence electrons. The Morgan fingerprint density at radius 1 is 1.09 bits per heavy atom. The van der Waals surface area contributed by atoms with E-state index in [1.54, 1.807) is 12.0 Å². The van der Waals surface area contributed by atoms with Crippen LogP contribution in [0.25, 0.3) is 0 Å². The van der Waals surface area contributed by atoms with Crippen LogP contribution in [0.2, 0.25) is 5.02 Å². The van der Waals surface area contributed by atoms with E-state index in [-0.39, 0.29) is 17.9 Å². The molecule has 3 fully saturated rings. The average Bonchev–Trinajstić information content (AvgIpc) is 3.57. The second-order valence-corrected chi connectivity index (χ2v) is 11.4. The van der Waals surface area contributed by atoms with E-state index in [1.165, 1.54) is 18.4 Å². The lowest BCUT2D eigenvalue weighted by atomic mass is 9.96. The van der Waals surface area contributed by atoms with Crippen LogP contribution in [0.1, 0.15) is 57.6 Å². The number of methoxy groups -OCH3 is 1. The average molecular weight is 492 g/mol. The fourth-order valence-electron chi connectivity index (χ4n) is 4.87. The van der Waals surface area contributed by atoms with Crippen molar-refractivity contribution in [2.24, 2.45) is 5.92 Å². The summed E-state index contributed by atoms with van der Waals surface area (Å²) in [5.74, 6) is 1.38. The molecule has 4 rings (SSSR count). The highest BCUT2D eigenvalue weighted by atomic mass is 35.5. The van der Waals surface area contributed by atoms with E-state index in [9.17, 15) is 9.59 Å². The van der Waals surface area contributed by atoms with Gasteiger partial charge in [-0.2, -0.15) is 0 Å². The minimum absolute atomic E-state index is 0.125. The Morgan fingerprint density at radius 2 is 1.74 bits per heavy atom. The largest absolute Gasteiger partial charge is 0.496 e. The van der Waals surface area contributed by atoms with Gasteiger partial charge in [0.1, 0.15) is 11.4 Å². The second kappa shape index (κ2) is 9.94. The highest BCUT2D eigenvalue weighted by Crippen LogP contribution is 2.45. The van der Waals surface area contributed by atoms with E-state index in [0.717, 1.165) is 42.5 Å². The van der Waals surface area contributed by atoms with E-state index in [1.807, 2.05) is 38.7 Å². The first-order chi connectivity index (χ1) is 16.1. The van der Waals surface area contributed by atoms with Crippen LogP contribution in [0, 0.1) is 5.92 Å². The third kappa shape index (κ3) is 5.80. The number of likely N-dealkylation sites (tertiary alicyclic amines) is 1. The second-order valence-electron chi connectivity index (χ2n) is 11.0. The van der Waals surface area contributed by atoms with Gasteiger partial charge in [0.15, 0.2) is 0 Å². The van der Waals surface area contributed by atoms with Crippen LogP contribution in [0.4, 0.5) is 4.79 Å². The van der Waals surface area contributed by atoms with Gasteiger partial charge in [-0.1, -0.05) is 24.6 Å². The van der Waals surface area contributed by atoms with Gasteiger partial charge < -0.3 is 19.3 Å². The molecule has 3 aliphatic rings. The van der Waals surface area contributed by atoms with Crippen molar-refractivity contribution < 1.29 is 19.1 Å². The van der Waals surface area contributed by atoms with Crippen molar-refractivity contribution in [3.05, 3.63) is 28.3 Å². The molecule has 0 N–H and O–H groups in total. The van der Waals surface area contributed by atoms with Gasteiger partial charge in [-0.25, -0.2) is 4.79 Å². The van der Waals surface area contributed by atoms with Gasteiger partial charge >= 0.3 is 6.09 Å². The van der Waals surface area contributed by atoms with Gasteiger partial charge in [-0.15, -0.1) is 0 Å². The lowest BCUT2D eigenvalue weighted by Gasteiger charge is -2.48. The molecule has 1 saturated carbocycles. The number of carbonyl (C=O) groups excluding carboxylic acids is 2. The Labute approximate surface area is 208 Å². The van der Waals surface area contributed by atoms with Crippen molar-refractivity contribution in [2.75, 3.05) is 46.4 Å². The number of hydrogen-bond donors (Lipinski definition) is 0. The van der Waals surface area contributed by atoms with Crippen LogP contribution < -0.4 is 4.74 Å². The highest BCUT2D eigenvalue weighted by molar-refractivity contribution is 6.31. The fourth-order valence-corrected chi connectivity index (χ4v) is 5.18. The smallest absolute Gasteiger partial charge is 0.410 e. The first-order valence-electron chi connectivity index (χ1n) is 12.4. The van der Waals surface area contributed by atoms with E-state index in [4.69, 9.17) is 21.1 Å². The van der Waals surface area contributed by atoms with Crippen LogP contribution in [-0.2, 0) is 16.0 Å². The molecule has 0 radical (unpaired) electrons. The maximum atomic E-state index is 13.2. The topological polar surface area (TPSA) is 62.3 Å². The summed E-state index contributed by atoms with van der Waals surface area (Å²) < 4.78 is 11.0. The summed E-state index contributed by atoms with van der Waals surface area (Å²) in [5.41, 5.74) is 1.78. The van der Waals surface area contributed by atoms with E-state index in [2.05, 4.69) is 11.0 Å². The first-order valence-corrected chi connectivity index (χ1v) is 12.8. The SMILES string of the molecule is COc1cc(Cl)c(C2CC2)cc1C[C@@H](C)C(=O)N1CCN(C2CN(C(=O)OC(C)(C)C)C2)CC1. The summed E-state index contributed by atoms with van der Waals surface area (Å²) in [4.78, 5) is 31.5. The summed E-state index contributed by atoms with van der Waals surface area (Å²) in [6.45, 7) is 12.1. The van der Waals surface area contributed by atoms with Crippen LogP contribution in [0.5, 0.6) is 5.75 Å². The molecule has 1 aromatic rings. The third-order valence-corrected chi connectivity index (χ3v) is 7.35. The lowest BCUT2D eigenvalue weighted by Crippen LogP contribution is -2.65. The van der Waals surface area contributed by atoms with E-state index in [0.29, 0.717) is 31.5 Å². The summed E-state index contributed by atoms with van der Waals surface area (Å²) >= 11 is 6.46. The monoisotopic (exact) mass is 491 g/mol. The summed E-state index contributed by atoms with van der Waals surface area (Å²) in [5, 5.41) is 0.763. The molecule has 2 amide bonds. The van der Waals surface area contributed by atoms with E-state index >= 15 is 0 Å². The number of rotatable bonds is 6. The van der Waals surface area contributed by atoms with E-state index < -0.39 is 5.60 Å². The Kier molecular flexibility index (Phi) is 7.34. The van der Waals surface area contributed by atoms with Gasteiger partial charge in [0.25, 0.3) is 0 Å². The van der Waals surface area contributed by atoms with Crippen LogP contribution in [-0.4, -0.2) is 84.7 Å². The number of nitrogens with zero attached hydrogens (tertiary/aromatic N) is 3. The zero-order valence-corrected chi connectivity index (χ0v) is 21.9. The predicted octanol–water partition coefficient (Wildman–Crippen LogP) is 4.17. The molecule has 2 saturated heterocycles. The van der Waals surface area contributed by atoms with Crippen LogP contribution >= 0.6 is 11.6 Å². The molecule has 2 heterocycles. The highest BCUT2D eigenvalue weighted by Gasteiger charge is 2.38. The minimum atomic E-state index is -0.472. The zero-order chi connectivity index (χ0) is 24.6. The zero-order valence-electron chi connectivity index (χ0n) is 21.1. The van der Waals surface area contributed by atoms with Crippen molar-refractivity contribution in [2.45, 2.75) is 64.5 Å². The maximum absolute atomic E-state index is 13.2. The number of amides is 2. The molecular weight excluding hydrogens is 454 g/mol. The Balaban J connectivity index is 1.26. The Bertz CT molecular complexity index is 913. The van der Waals surface area contributed by atoms with Gasteiger partial charge in [0, 0.05) is 56.3 Å². The Hall–Kier alpha value is -1.99. The van der Waals surface area contributed by atoms with Crippen LogP contribution in [0.15, 0.2) is 12.1 Å². The fraction of sp³-hybridized carbons (Fsp3) is 0.692. The standard InChI is InChI=1S/C26H38ClN3O4/c1-17(12-19-13-21(18-6-7-18)22(27)14-23(19)33-5)24(31)29-10-8-28(9-11-29)20-15-30(16-20)25(32)34-26(2,3)4/h13-14,17-18,20H,6-12,15-16H2,1-5H3/t17-/m1/s1. The summed E-state index contributed by atoms with van der Waals surface area (Å²) in [6, 6.07) is 4.40. The number of carbonyl (C=O) groups is 2. The lowest BCUT2D eigenvalue weighted by molar-refractivity contribution is -0.137. The number of halogens is 1. The number of ether oxygens (including phenoxy) is 2. The minimum Gasteiger partial charge on any atom is -0.496 e. The van der Waals surface area contributed by atoms with Gasteiger partial charge in [0.05, 0.1) is 7.11 Å². The molecule has 1 aliphatic carbocycles. The summed E-state index contributed by atoms with van der Waals surface area (Å²) in [6.07, 6.45) is 2.77. The molecule has 8 heteroatoms. The molecule has 34 heavy (non-hydrogen) atoms. The number of piperazine rings is 1. The van der Waals surface area contributed by atoms with Gasteiger partial charge in [-0.3, -0.25) is 9.69 Å². The maximum Gasteiger partial charge on any atom is 0.410 e. The molecule has 1 aromatic carbocycles. The molecule has 0 unspecified atom stereocenters. The van der Waals surface area contributed by atoms with Crippen molar-refractivity contribution in [1.29, 1.82) is 0 Å². The first kappa shape index (κ1) is 25.1. The molecule has 7 nitrogen and oxygen atoms in total. The summed E-state index contributed by atoms with van der Waals surface area (Å²) in [7, 11) is 1.65. The van der Waals surface area contributed by atoms with Crippen molar-refractivity contribution >= 4 is 23.6 Å². The number of benzene rings is 1. The van der Waals surface area contributed by atoms with Crippen LogP contribution in [0.3, 0.4) is 0 Å². The van der Waals surface area contributed by atoms with Gasteiger partial charge in [-0.05, 0) is 63.1 Å². The quantitative estimate of drug-likeness (QED) is 0.597.